The Morgan fingerprint density at radius 1 is 1.54 bits per heavy atom. The normalized spacial score (nSPS) is 20.8. The summed E-state index contributed by atoms with van der Waals surface area (Å²) in [5.74, 6) is 1.21. The summed E-state index contributed by atoms with van der Waals surface area (Å²) in [7, 11) is 0. The number of nitrogens with zero attached hydrogens (tertiary/aromatic N) is 2. The third kappa shape index (κ3) is 3.24. The molecule has 1 aliphatic heterocycles. The number of aromatic nitrogens is 1. The second kappa shape index (κ2) is 6.43. The average Bonchev–Trinajstić information content (AvgIpc) is 3.07. The van der Waals surface area contributed by atoms with Gasteiger partial charge in [-0.1, -0.05) is 6.92 Å². The van der Waals surface area contributed by atoms with E-state index in [2.05, 4.69) is 30.7 Å². The standard InChI is InChI=1S/C18H24FN3O2/c1-12-7-18(2,3)22(10-12)17-21-15-5-4-14(6-16(15)24-17)23-11-13(8-19)9-20/h4-6,8,12H,7,9-11,20H2,1-3H3/b13-8+. The number of fused-ring (bicyclic) bond motifs is 1. The largest absolute Gasteiger partial charge is 0.489 e. The van der Waals surface area contributed by atoms with Crippen molar-refractivity contribution in [2.75, 3.05) is 24.6 Å². The number of halogens is 1. The molecular weight excluding hydrogens is 309 g/mol. The Labute approximate surface area is 141 Å². The second-order valence-corrected chi connectivity index (χ2v) is 7.12. The number of ether oxygens (including phenoxy) is 1. The number of hydrogen-bond donors (Lipinski definition) is 1. The minimum absolute atomic E-state index is 0.0293. The first-order valence-corrected chi connectivity index (χ1v) is 8.22. The Bertz CT molecular complexity index is 754. The molecule has 2 heterocycles. The summed E-state index contributed by atoms with van der Waals surface area (Å²) in [5, 5.41) is 0. The molecule has 5 nitrogen and oxygen atoms in total. The highest BCUT2D eigenvalue weighted by atomic mass is 19.1. The molecule has 6 heteroatoms. The van der Waals surface area contributed by atoms with Gasteiger partial charge in [0.1, 0.15) is 17.9 Å². The number of oxazole rings is 1. The van der Waals surface area contributed by atoms with Gasteiger partial charge in [0.05, 0.1) is 6.33 Å². The summed E-state index contributed by atoms with van der Waals surface area (Å²) in [4.78, 5) is 6.82. The van der Waals surface area contributed by atoms with Gasteiger partial charge >= 0.3 is 0 Å². The lowest BCUT2D eigenvalue weighted by Crippen LogP contribution is -2.38. The van der Waals surface area contributed by atoms with E-state index in [-0.39, 0.29) is 18.7 Å². The molecule has 1 unspecified atom stereocenters. The van der Waals surface area contributed by atoms with Crippen LogP contribution in [0.4, 0.5) is 10.4 Å². The van der Waals surface area contributed by atoms with E-state index in [0.717, 1.165) is 18.5 Å². The molecular formula is C18H24FN3O2. The summed E-state index contributed by atoms with van der Waals surface area (Å²) in [6.07, 6.45) is 1.60. The van der Waals surface area contributed by atoms with Crippen LogP contribution in [0.1, 0.15) is 27.2 Å². The van der Waals surface area contributed by atoms with Gasteiger partial charge in [0, 0.05) is 30.3 Å². The number of rotatable bonds is 5. The van der Waals surface area contributed by atoms with Crippen molar-refractivity contribution in [2.45, 2.75) is 32.7 Å². The maximum atomic E-state index is 12.5. The lowest BCUT2D eigenvalue weighted by molar-refractivity contribution is 0.347. The van der Waals surface area contributed by atoms with Crippen molar-refractivity contribution >= 4 is 17.1 Å². The van der Waals surface area contributed by atoms with Crippen LogP contribution in [0.25, 0.3) is 11.1 Å². The van der Waals surface area contributed by atoms with E-state index in [0.29, 0.717) is 35.2 Å². The Morgan fingerprint density at radius 3 is 2.96 bits per heavy atom. The third-order valence-corrected chi connectivity index (χ3v) is 4.49. The fourth-order valence-corrected chi connectivity index (χ4v) is 3.33. The molecule has 1 saturated heterocycles. The molecule has 3 rings (SSSR count). The van der Waals surface area contributed by atoms with Gasteiger partial charge in [-0.05, 0) is 38.3 Å². The molecule has 0 amide bonds. The van der Waals surface area contributed by atoms with Gasteiger partial charge in [-0.15, -0.1) is 0 Å². The Kier molecular flexibility index (Phi) is 4.49. The van der Waals surface area contributed by atoms with Crippen LogP contribution < -0.4 is 15.4 Å². The summed E-state index contributed by atoms with van der Waals surface area (Å²) >= 11 is 0. The van der Waals surface area contributed by atoms with Crippen molar-refractivity contribution in [3.8, 4) is 5.75 Å². The summed E-state index contributed by atoms with van der Waals surface area (Å²) < 4.78 is 24.1. The monoisotopic (exact) mass is 333 g/mol. The molecule has 0 spiro atoms. The average molecular weight is 333 g/mol. The van der Waals surface area contributed by atoms with E-state index < -0.39 is 0 Å². The van der Waals surface area contributed by atoms with Crippen LogP contribution in [0.5, 0.6) is 5.75 Å². The molecule has 2 aromatic rings. The van der Waals surface area contributed by atoms with Crippen LogP contribution in [-0.2, 0) is 0 Å². The molecule has 130 valence electrons. The molecule has 1 fully saturated rings. The third-order valence-electron chi connectivity index (χ3n) is 4.49. The maximum absolute atomic E-state index is 12.5. The fraction of sp³-hybridized carbons (Fsp3) is 0.500. The number of hydrogen-bond acceptors (Lipinski definition) is 5. The molecule has 2 N–H and O–H groups in total. The highest BCUT2D eigenvalue weighted by Crippen LogP contribution is 2.37. The molecule has 0 saturated carbocycles. The van der Waals surface area contributed by atoms with Crippen molar-refractivity contribution in [1.29, 1.82) is 0 Å². The van der Waals surface area contributed by atoms with Gasteiger partial charge in [0.15, 0.2) is 5.58 Å². The Morgan fingerprint density at radius 2 is 2.33 bits per heavy atom. The lowest BCUT2D eigenvalue weighted by atomic mass is 9.98. The van der Waals surface area contributed by atoms with E-state index >= 15 is 0 Å². The highest BCUT2D eigenvalue weighted by Gasteiger charge is 2.38. The van der Waals surface area contributed by atoms with E-state index in [1.165, 1.54) is 0 Å². The summed E-state index contributed by atoms with van der Waals surface area (Å²) in [5.41, 5.74) is 7.31. The van der Waals surface area contributed by atoms with Crippen LogP contribution in [-0.4, -0.2) is 30.2 Å². The SMILES string of the molecule is CC1CN(c2nc3ccc(OC/C(=C/F)CN)cc3o2)C(C)(C)C1. The molecule has 1 aromatic heterocycles. The van der Waals surface area contributed by atoms with Crippen LogP contribution >= 0.6 is 0 Å². The van der Waals surface area contributed by atoms with Gasteiger partial charge in [-0.3, -0.25) is 0 Å². The smallest absolute Gasteiger partial charge is 0.298 e. The predicted molar refractivity (Wildman–Crippen MR) is 93.0 cm³/mol. The van der Waals surface area contributed by atoms with Crippen LogP contribution in [0.3, 0.4) is 0 Å². The Balaban J connectivity index is 1.82. The quantitative estimate of drug-likeness (QED) is 0.905. The van der Waals surface area contributed by atoms with Gasteiger partial charge in [0.25, 0.3) is 6.01 Å². The van der Waals surface area contributed by atoms with Crippen LogP contribution in [0.2, 0.25) is 0 Å². The van der Waals surface area contributed by atoms with Crippen LogP contribution in [0, 0.1) is 5.92 Å². The molecule has 0 radical (unpaired) electrons. The van der Waals surface area contributed by atoms with E-state index in [9.17, 15) is 4.39 Å². The highest BCUT2D eigenvalue weighted by molar-refractivity contribution is 5.76. The van der Waals surface area contributed by atoms with E-state index in [1.807, 2.05) is 6.07 Å². The van der Waals surface area contributed by atoms with Crippen LogP contribution in [0.15, 0.2) is 34.5 Å². The van der Waals surface area contributed by atoms with Crippen molar-refractivity contribution in [2.24, 2.45) is 11.7 Å². The topological polar surface area (TPSA) is 64.5 Å². The minimum Gasteiger partial charge on any atom is -0.489 e. The van der Waals surface area contributed by atoms with Crippen molar-refractivity contribution in [3.63, 3.8) is 0 Å². The van der Waals surface area contributed by atoms with Crippen molar-refractivity contribution in [3.05, 3.63) is 30.1 Å². The van der Waals surface area contributed by atoms with E-state index in [1.54, 1.807) is 12.1 Å². The molecule has 1 aromatic carbocycles. The zero-order chi connectivity index (χ0) is 17.3. The zero-order valence-corrected chi connectivity index (χ0v) is 14.4. The first-order valence-electron chi connectivity index (χ1n) is 8.22. The van der Waals surface area contributed by atoms with Crippen molar-refractivity contribution in [1.82, 2.24) is 4.98 Å². The first-order chi connectivity index (χ1) is 11.4. The molecule has 1 atom stereocenters. The van der Waals surface area contributed by atoms with Gasteiger partial charge < -0.3 is 19.8 Å². The molecule has 0 aliphatic carbocycles. The molecule has 1 aliphatic rings. The number of nitrogens with two attached hydrogens (primary N) is 1. The number of anilines is 1. The van der Waals surface area contributed by atoms with E-state index in [4.69, 9.17) is 14.9 Å². The minimum atomic E-state index is 0.0293. The Hall–Kier alpha value is -2.08. The summed E-state index contributed by atoms with van der Waals surface area (Å²) in [6, 6.07) is 6.08. The number of benzene rings is 1. The predicted octanol–water partition coefficient (Wildman–Crippen LogP) is 3.64. The fourth-order valence-electron chi connectivity index (χ4n) is 3.33. The van der Waals surface area contributed by atoms with Gasteiger partial charge in [-0.2, -0.15) is 4.98 Å². The lowest BCUT2D eigenvalue weighted by Gasteiger charge is -2.29. The second-order valence-electron chi connectivity index (χ2n) is 7.12. The van der Waals surface area contributed by atoms with Gasteiger partial charge in [-0.25, -0.2) is 4.39 Å². The molecule has 24 heavy (non-hydrogen) atoms. The van der Waals surface area contributed by atoms with Crippen molar-refractivity contribution < 1.29 is 13.5 Å². The first kappa shape index (κ1) is 16.8. The summed E-state index contributed by atoms with van der Waals surface area (Å²) in [6.45, 7) is 7.84. The van der Waals surface area contributed by atoms with Gasteiger partial charge in [0.2, 0.25) is 0 Å². The zero-order valence-electron chi connectivity index (χ0n) is 14.4. The maximum Gasteiger partial charge on any atom is 0.298 e. The molecule has 0 bridgehead atoms.